The number of rotatable bonds is 10. The van der Waals surface area contributed by atoms with Crippen molar-refractivity contribution in [3.05, 3.63) is 29.8 Å². The van der Waals surface area contributed by atoms with Gasteiger partial charge in [-0.3, -0.25) is 14.4 Å². The average Bonchev–Trinajstić information content (AvgIpc) is 2.57. The predicted molar refractivity (Wildman–Crippen MR) is 96.7 cm³/mol. The Morgan fingerprint density at radius 2 is 1.76 bits per heavy atom. The molecule has 0 bridgehead atoms. The lowest BCUT2D eigenvalue weighted by Gasteiger charge is -2.17. The monoisotopic (exact) mass is 348 g/mol. The molecule has 0 heterocycles. The number of carbonyl (C=O) groups is 3. The normalized spacial score (nSPS) is 10.4. The summed E-state index contributed by atoms with van der Waals surface area (Å²) < 4.78 is 5.47. The first-order valence-electron chi connectivity index (χ1n) is 8.62. The molecule has 0 aromatic heterocycles. The highest BCUT2D eigenvalue weighted by Gasteiger charge is 2.15. The van der Waals surface area contributed by atoms with Gasteiger partial charge >= 0.3 is 0 Å². The van der Waals surface area contributed by atoms with E-state index in [4.69, 9.17) is 4.74 Å². The number of Topliss-reactive ketones (excluding diaryl/α,β-unsaturated/α-hetero) is 1. The summed E-state index contributed by atoms with van der Waals surface area (Å²) in [7, 11) is 1.56. The van der Waals surface area contributed by atoms with Crippen LogP contribution in [0.25, 0.3) is 0 Å². The summed E-state index contributed by atoms with van der Waals surface area (Å²) in [6.45, 7) is 6.37. The number of amides is 2. The van der Waals surface area contributed by atoms with Crippen LogP contribution in [0.2, 0.25) is 0 Å². The Hall–Kier alpha value is -2.37. The molecular formula is C19H28N2O4. The molecule has 0 radical (unpaired) electrons. The Bertz CT molecular complexity index is 582. The molecule has 25 heavy (non-hydrogen) atoms. The second-order valence-electron chi connectivity index (χ2n) is 6.27. The summed E-state index contributed by atoms with van der Waals surface area (Å²) in [5, 5.41) is 2.73. The smallest absolute Gasteiger partial charge is 0.239 e. The van der Waals surface area contributed by atoms with Gasteiger partial charge < -0.3 is 15.0 Å². The highest BCUT2D eigenvalue weighted by Crippen LogP contribution is 2.14. The van der Waals surface area contributed by atoms with Crippen molar-refractivity contribution in [2.45, 2.75) is 46.1 Å². The van der Waals surface area contributed by atoms with E-state index in [1.54, 1.807) is 31.3 Å². The van der Waals surface area contributed by atoms with Gasteiger partial charge in [-0.1, -0.05) is 6.92 Å². The molecule has 138 valence electrons. The average molecular weight is 348 g/mol. The molecule has 0 aliphatic heterocycles. The first-order valence-corrected chi connectivity index (χ1v) is 8.62. The third-order valence-corrected chi connectivity index (χ3v) is 3.47. The van der Waals surface area contributed by atoms with Crippen molar-refractivity contribution in [2.75, 3.05) is 20.2 Å². The Morgan fingerprint density at radius 1 is 1.12 bits per heavy atom. The van der Waals surface area contributed by atoms with Gasteiger partial charge in [0, 0.05) is 31.5 Å². The third kappa shape index (κ3) is 7.83. The molecule has 1 N–H and O–H groups in total. The lowest BCUT2D eigenvalue weighted by atomic mass is 10.1. The second kappa shape index (κ2) is 10.5. The van der Waals surface area contributed by atoms with Crippen molar-refractivity contribution in [3.63, 3.8) is 0 Å². The van der Waals surface area contributed by atoms with Crippen molar-refractivity contribution in [2.24, 2.45) is 0 Å². The molecule has 2 amide bonds. The van der Waals surface area contributed by atoms with Crippen LogP contribution in [0.1, 0.15) is 50.4 Å². The summed E-state index contributed by atoms with van der Waals surface area (Å²) >= 11 is 0. The molecular weight excluding hydrogens is 320 g/mol. The summed E-state index contributed by atoms with van der Waals surface area (Å²) in [4.78, 5) is 37.2. The third-order valence-electron chi connectivity index (χ3n) is 3.47. The molecule has 1 aromatic rings. The Kier molecular flexibility index (Phi) is 8.67. The van der Waals surface area contributed by atoms with E-state index in [0.29, 0.717) is 12.2 Å². The van der Waals surface area contributed by atoms with Crippen LogP contribution in [0.4, 0.5) is 0 Å². The molecule has 1 aromatic carbocycles. The highest BCUT2D eigenvalue weighted by molar-refractivity contribution is 5.98. The molecule has 0 unspecified atom stereocenters. The molecule has 1 rings (SSSR count). The first kappa shape index (κ1) is 20.7. The maximum atomic E-state index is 12.2. The van der Waals surface area contributed by atoms with Crippen LogP contribution in [0.15, 0.2) is 24.3 Å². The maximum Gasteiger partial charge on any atom is 0.239 e. The fourth-order valence-electron chi connectivity index (χ4n) is 2.18. The maximum absolute atomic E-state index is 12.2. The van der Waals surface area contributed by atoms with Crippen molar-refractivity contribution in [1.82, 2.24) is 10.2 Å². The van der Waals surface area contributed by atoms with E-state index in [1.165, 1.54) is 4.90 Å². The molecule has 0 saturated heterocycles. The zero-order valence-electron chi connectivity index (χ0n) is 15.5. The number of carbonyl (C=O) groups excluding carboxylic acids is 3. The number of hydrogen-bond acceptors (Lipinski definition) is 4. The summed E-state index contributed by atoms with van der Waals surface area (Å²) in [5.74, 6) is 0.191. The minimum Gasteiger partial charge on any atom is -0.494 e. The molecule has 0 aliphatic carbocycles. The van der Waals surface area contributed by atoms with Gasteiger partial charge in [0.25, 0.3) is 0 Å². The number of likely N-dealkylation sites (N-methyl/N-ethyl adjacent to an activating group) is 1. The molecule has 0 fully saturated rings. The van der Waals surface area contributed by atoms with E-state index in [0.717, 1.165) is 12.2 Å². The van der Waals surface area contributed by atoms with Crippen molar-refractivity contribution >= 4 is 17.6 Å². The Morgan fingerprint density at radius 3 is 2.32 bits per heavy atom. The molecule has 6 nitrogen and oxygen atoms in total. The Labute approximate surface area is 149 Å². The topological polar surface area (TPSA) is 75.7 Å². The van der Waals surface area contributed by atoms with E-state index >= 15 is 0 Å². The van der Waals surface area contributed by atoms with Crippen LogP contribution in [0.3, 0.4) is 0 Å². The van der Waals surface area contributed by atoms with Gasteiger partial charge in [0.2, 0.25) is 11.8 Å². The zero-order chi connectivity index (χ0) is 18.8. The number of ether oxygens (including phenoxy) is 1. The van der Waals surface area contributed by atoms with Gasteiger partial charge in [-0.25, -0.2) is 0 Å². The highest BCUT2D eigenvalue weighted by atomic mass is 16.5. The van der Waals surface area contributed by atoms with E-state index in [2.05, 4.69) is 5.32 Å². The fraction of sp³-hybridized carbons (Fsp3) is 0.526. The van der Waals surface area contributed by atoms with Crippen LogP contribution >= 0.6 is 0 Å². The summed E-state index contributed by atoms with van der Waals surface area (Å²) in [6.07, 6.45) is 1.12. The molecule has 0 saturated carbocycles. The largest absolute Gasteiger partial charge is 0.494 e. The number of ketones is 1. The zero-order valence-corrected chi connectivity index (χ0v) is 15.5. The van der Waals surface area contributed by atoms with Gasteiger partial charge in [0.1, 0.15) is 5.75 Å². The summed E-state index contributed by atoms with van der Waals surface area (Å²) in [6, 6.07) is 6.96. The van der Waals surface area contributed by atoms with E-state index in [1.807, 2.05) is 20.8 Å². The van der Waals surface area contributed by atoms with Gasteiger partial charge in [-0.05, 0) is 44.5 Å². The number of nitrogens with zero attached hydrogens (tertiary/aromatic N) is 1. The van der Waals surface area contributed by atoms with E-state index in [-0.39, 0.29) is 43.0 Å². The fourth-order valence-corrected chi connectivity index (χ4v) is 2.18. The van der Waals surface area contributed by atoms with Crippen molar-refractivity contribution in [3.8, 4) is 5.75 Å². The van der Waals surface area contributed by atoms with E-state index < -0.39 is 0 Å². The molecule has 0 atom stereocenters. The van der Waals surface area contributed by atoms with Crippen LogP contribution in [-0.4, -0.2) is 48.7 Å². The van der Waals surface area contributed by atoms with Gasteiger partial charge in [0.05, 0.1) is 13.2 Å². The van der Waals surface area contributed by atoms with Gasteiger partial charge in [0.15, 0.2) is 5.78 Å². The van der Waals surface area contributed by atoms with Gasteiger partial charge in [-0.2, -0.15) is 0 Å². The minimum atomic E-state index is -0.227. The van der Waals surface area contributed by atoms with Crippen LogP contribution in [0, 0.1) is 0 Å². The van der Waals surface area contributed by atoms with Crippen LogP contribution < -0.4 is 10.1 Å². The van der Waals surface area contributed by atoms with E-state index in [9.17, 15) is 14.4 Å². The number of hydrogen-bond donors (Lipinski definition) is 1. The number of benzene rings is 1. The Balaban J connectivity index is 2.44. The first-order chi connectivity index (χ1) is 11.8. The SMILES string of the molecule is CCCOc1ccc(C(=O)CCC(=O)N(C)CC(=O)NC(C)C)cc1. The second-order valence-corrected chi connectivity index (χ2v) is 6.27. The number of nitrogens with one attached hydrogen (secondary N) is 1. The summed E-state index contributed by atoms with van der Waals surface area (Å²) in [5.41, 5.74) is 0.553. The van der Waals surface area contributed by atoms with Gasteiger partial charge in [-0.15, -0.1) is 0 Å². The lowest BCUT2D eigenvalue weighted by Crippen LogP contribution is -2.40. The van der Waals surface area contributed by atoms with Crippen LogP contribution in [-0.2, 0) is 9.59 Å². The quantitative estimate of drug-likeness (QED) is 0.659. The lowest BCUT2D eigenvalue weighted by molar-refractivity contribution is -0.134. The predicted octanol–water partition coefficient (Wildman–Crippen LogP) is 2.42. The van der Waals surface area contributed by atoms with Crippen molar-refractivity contribution < 1.29 is 19.1 Å². The van der Waals surface area contributed by atoms with Crippen molar-refractivity contribution in [1.29, 1.82) is 0 Å². The van der Waals surface area contributed by atoms with Crippen LogP contribution in [0.5, 0.6) is 5.75 Å². The molecule has 0 spiro atoms. The molecule has 0 aliphatic rings. The standard InChI is InChI=1S/C19H28N2O4/c1-5-12-25-16-8-6-15(7-9-16)17(22)10-11-19(24)21(4)13-18(23)20-14(2)3/h6-9,14H,5,10-13H2,1-4H3,(H,20,23). The minimum absolute atomic E-state index is 0.00529. The molecule has 6 heteroatoms.